The first kappa shape index (κ1) is 24.0. The van der Waals surface area contributed by atoms with Gasteiger partial charge in [0.25, 0.3) is 11.7 Å². The molecular weight excluding hydrogens is 448 g/mol. The number of aromatic nitrogens is 3. The molecule has 35 heavy (non-hydrogen) atoms. The van der Waals surface area contributed by atoms with Crippen molar-refractivity contribution in [1.29, 1.82) is 0 Å². The van der Waals surface area contributed by atoms with Crippen LogP contribution in [0.15, 0.2) is 67.0 Å². The van der Waals surface area contributed by atoms with Crippen molar-refractivity contribution in [2.24, 2.45) is 0 Å². The Morgan fingerprint density at radius 2 is 1.71 bits per heavy atom. The Morgan fingerprint density at radius 3 is 2.40 bits per heavy atom. The van der Waals surface area contributed by atoms with Gasteiger partial charge in [0, 0.05) is 43.4 Å². The molecule has 0 saturated carbocycles. The Hall–Kier alpha value is -4.14. The van der Waals surface area contributed by atoms with Gasteiger partial charge < -0.3 is 24.0 Å². The van der Waals surface area contributed by atoms with E-state index >= 15 is 0 Å². The Kier molecular flexibility index (Phi) is 7.45. The van der Waals surface area contributed by atoms with E-state index in [4.69, 9.17) is 9.47 Å². The summed E-state index contributed by atoms with van der Waals surface area (Å²) in [6.07, 6.45) is 8.89. The first-order chi connectivity index (χ1) is 17.0. The number of imidazole rings is 1. The zero-order valence-corrected chi connectivity index (χ0v) is 19.8. The van der Waals surface area contributed by atoms with E-state index < -0.39 is 17.7 Å². The molecule has 1 fully saturated rings. The van der Waals surface area contributed by atoms with Gasteiger partial charge in [0.15, 0.2) is 11.5 Å². The summed E-state index contributed by atoms with van der Waals surface area (Å²) >= 11 is 0. The maximum absolute atomic E-state index is 13.2. The molecule has 1 atom stereocenters. The minimum Gasteiger partial charge on any atom is -0.507 e. The lowest BCUT2D eigenvalue weighted by Crippen LogP contribution is -2.31. The number of aryl methyl sites for hydroxylation is 1. The maximum Gasteiger partial charge on any atom is 0.295 e. The van der Waals surface area contributed by atoms with Crippen LogP contribution in [0, 0.1) is 0 Å². The van der Waals surface area contributed by atoms with Gasteiger partial charge in [-0.2, -0.15) is 0 Å². The second-order valence-corrected chi connectivity index (χ2v) is 7.95. The summed E-state index contributed by atoms with van der Waals surface area (Å²) < 4.78 is 13.4. The van der Waals surface area contributed by atoms with Crippen LogP contribution in [0.4, 0.5) is 0 Å². The smallest absolute Gasteiger partial charge is 0.295 e. The molecule has 1 aliphatic rings. The van der Waals surface area contributed by atoms with Crippen LogP contribution in [0.1, 0.15) is 37.4 Å². The van der Waals surface area contributed by atoms with E-state index in [-0.39, 0.29) is 11.3 Å². The molecule has 0 aliphatic carbocycles. The van der Waals surface area contributed by atoms with Crippen molar-refractivity contribution in [3.63, 3.8) is 0 Å². The van der Waals surface area contributed by atoms with Crippen molar-refractivity contribution in [2.45, 2.75) is 32.9 Å². The van der Waals surface area contributed by atoms with Crippen molar-refractivity contribution in [1.82, 2.24) is 19.4 Å². The standard InChI is InChI=1S/C26H28N4O5/c1-3-34-20-7-6-19(16-21(20)35-4-2)23-22(24(31)18-8-10-27-11-9-18)25(32)26(33)30(23)14-5-13-29-15-12-28-17-29/h6-12,15-17,23,31H,3-5,13-14H2,1-2H3/b24-22+. The quantitative estimate of drug-likeness (QED) is 0.271. The number of aliphatic hydroxyl groups is 1. The molecule has 1 aliphatic heterocycles. The van der Waals surface area contributed by atoms with E-state index in [0.29, 0.717) is 55.4 Å². The van der Waals surface area contributed by atoms with E-state index in [1.54, 1.807) is 42.9 Å². The van der Waals surface area contributed by atoms with Gasteiger partial charge in [-0.15, -0.1) is 0 Å². The second-order valence-electron chi connectivity index (χ2n) is 7.95. The molecule has 2 aromatic heterocycles. The Morgan fingerprint density at radius 1 is 0.971 bits per heavy atom. The van der Waals surface area contributed by atoms with Gasteiger partial charge in [0.2, 0.25) is 0 Å². The molecule has 3 aromatic rings. The summed E-state index contributed by atoms with van der Waals surface area (Å²) in [5.74, 6) is -0.523. The first-order valence-electron chi connectivity index (χ1n) is 11.6. The lowest BCUT2D eigenvalue weighted by Gasteiger charge is -2.26. The molecule has 1 N–H and O–H groups in total. The minimum absolute atomic E-state index is 0.0374. The Bertz CT molecular complexity index is 1210. The molecule has 1 saturated heterocycles. The van der Waals surface area contributed by atoms with Gasteiger partial charge in [0.1, 0.15) is 5.76 Å². The number of ether oxygens (including phenoxy) is 2. The second kappa shape index (κ2) is 10.9. The van der Waals surface area contributed by atoms with Crippen molar-refractivity contribution in [3.05, 3.63) is 78.1 Å². The van der Waals surface area contributed by atoms with Crippen molar-refractivity contribution in [2.75, 3.05) is 19.8 Å². The number of carbonyl (C=O) groups excluding carboxylic acids is 2. The minimum atomic E-state index is -0.777. The van der Waals surface area contributed by atoms with Crippen LogP contribution in [0.3, 0.4) is 0 Å². The lowest BCUT2D eigenvalue weighted by atomic mass is 9.95. The molecule has 0 bridgehead atoms. The topological polar surface area (TPSA) is 107 Å². The van der Waals surface area contributed by atoms with E-state index in [2.05, 4.69) is 9.97 Å². The fourth-order valence-corrected chi connectivity index (χ4v) is 4.20. The first-order valence-corrected chi connectivity index (χ1v) is 11.6. The number of carbonyl (C=O) groups is 2. The zero-order chi connectivity index (χ0) is 24.8. The summed E-state index contributed by atoms with van der Waals surface area (Å²) in [7, 11) is 0. The number of ketones is 1. The van der Waals surface area contributed by atoms with E-state index in [0.717, 1.165) is 0 Å². The van der Waals surface area contributed by atoms with Crippen LogP contribution in [0.5, 0.6) is 11.5 Å². The number of hydrogen-bond donors (Lipinski definition) is 1. The summed E-state index contributed by atoms with van der Waals surface area (Å²) in [5, 5.41) is 11.1. The third kappa shape index (κ3) is 5.03. The third-order valence-electron chi connectivity index (χ3n) is 5.75. The van der Waals surface area contributed by atoms with Crippen LogP contribution in [-0.2, 0) is 16.1 Å². The lowest BCUT2D eigenvalue weighted by molar-refractivity contribution is -0.139. The fourth-order valence-electron chi connectivity index (χ4n) is 4.20. The Labute approximate surface area is 203 Å². The molecule has 3 heterocycles. The van der Waals surface area contributed by atoms with Gasteiger partial charge in [-0.3, -0.25) is 14.6 Å². The van der Waals surface area contributed by atoms with Crippen LogP contribution in [0.25, 0.3) is 5.76 Å². The van der Waals surface area contributed by atoms with Gasteiger partial charge >= 0.3 is 0 Å². The van der Waals surface area contributed by atoms with Crippen molar-refractivity contribution in [3.8, 4) is 11.5 Å². The molecule has 9 heteroatoms. The number of rotatable bonds is 10. The molecule has 1 unspecified atom stereocenters. The largest absolute Gasteiger partial charge is 0.507 e. The van der Waals surface area contributed by atoms with Crippen LogP contribution in [-0.4, -0.2) is 56.0 Å². The normalized spacial score (nSPS) is 17.1. The highest BCUT2D eigenvalue weighted by molar-refractivity contribution is 6.46. The third-order valence-corrected chi connectivity index (χ3v) is 5.75. The highest BCUT2D eigenvalue weighted by atomic mass is 16.5. The molecule has 1 aromatic carbocycles. The number of pyridine rings is 1. The highest BCUT2D eigenvalue weighted by Crippen LogP contribution is 2.42. The molecule has 1 amide bonds. The summed E-state index contributed by atoms with van der Waals surface area (Å²) in [4.78, 5) is 35.9. The van der Waals surface area contributed by atoms with Crippen molar-refractivity contribution >= 4 is 17.4 Å². The molecular formula is C26H28N4O5. The van der Waals surface area contributed by atoms with Gasteiger partial charge in [-0.05, 0) is 50.1 Å². The molecule has 0 spiro atoms. The summed E-state index contributed by atoms with van der Waals surface area (Å²) in [5.41, 5.74) is 1.10. The number of likely N-dealkylation sites (tertiary alicyclic amines) is 1. The van der Waals surface area contributed by atoms with Crippen LogP contribution in [0.2, 0.25) is 0 Å². The van der Waals surface area contributed by atoms with Crippen molar-refractivity contribution < 1.29 is 24.2 Å². The summed E-state index contributed by atoms with van der Waals surface area (Å²) in [6.45, 7) is 5.59. The molecule has 182 valence electrons. The molecule has 9 nitrogen and oxygen atoms in total. The number of benzene rings is 1. The van der Waals surface area contributed by atoms with Crippen LogP contribution >= 0.6 is 0 Å². The Balaban J connectivity index is 1.77. The SMILES string of the molecule is CCOc1ccc(C2/C(=C(\O)c3ccncc3)C(=O)C(=O)N2CCCn2ccnc2)cc1OCC. The van der Waals surface area contributed by atoms with E-state index in [9.17, 15) is 14.7 Å². The predicted molar refractivity (Wildman–Crippen MR) is 129 cm³/mol. The van der Waals surface area contributed by atoms with Crippen LogP contribution < -0.4 is 9.47 Å². The predicted octanol–water partition coefficient (Wildman–Crippen LogP) is 3.59. The number of hydrogen-bond acceptors (Lipinski definition) is 7. The molecule has 0 radical (unpaired) electrons. The summed E-state index contributed by atoms with van der Waals surface area (Å²) in [6, 6.07) is 7.76. The number of amides is 1. The number of Topliss-reactive ketones (excluding diaryl/α,β-unsaturated/α-hetero) is 1. The van der Waals surface area contributed by atoms with Gasteiger partial charge in [-0.1, -0.05) is 6.07 Å². The highest BCUT2D eigenvalue weighted by Gasteiger charge is 2.46. The average molecular weight is 477 g/mol. The fraction of sp³-hybridized carbons (Fsp3) is 0.308. The van der Waals surface area contributed by atoms with E-state index in [1.807, 2.05) is 24.6 Å². The molecule has 4 rings (SSSR count). The number of aliphatic hydroxyl groups excluding tert-OH is 1. The average Bonchev–Trinajstić information content (AvgIpc) is 3.48. The van der Waals surface area contributed by atoms with Gasteiger partial charge in [-0.25, -0.2) is 4.98 Å². The van der Waals surface area contributed by atoms with E-state index in [1.165, 1.54) is 17.3 Å². The number of nitrogens with zero attached hydrogens (tertiary/aromatic N) is 4. The zero-order valence-electron chi connectivity index (χ0n) is 19.8. The monoisotopic (exact) mass is 476 g/mol. The van der Waals surface area contributed by atoms with Gasteiger partial charge in [0.05, 0.1) is 31.2 Å². The maximum atomic E-state index is 13.2.